The summed E-state index contributed by atoms with van der Waals surface area (Å²) in [5.74, 6) is -0.141. The molecule has 7 nitrogen and oxygen atoms in total. The molecule has 1 N–H and O–H groups in total. The summed E-state index contributed by atoms with van der Waals surface area (Å²) in [5, 5.41) is 13.9. The maximum absolute atomic E-state index is 13.7. The van der Waals surface area contributed by atoms with Crippen molar-refractivity contribution >= 4 is 51.9 Å². The highest BCUT2D eigenvalue weighted by molar-refractivity contribution is 8.18. The van der Waals surface area contributed by atoms with E-state index < -0.39 is 16.6 Å². The smallest absolute Gasteiger partial charge is 0.288 e. The minimum Gasteiger partial charge on any atom is -0.457 e. The van der Waals surface area contributed by atoms with Crippen LogP contribution in [0.15, 0.2) is 68.9 Å². The number of carbonyl (C=O) groups excluding carboxylic acids is 1. The van der Waals surface area contributed by atoms with Crippen LogP contribution in [-0.4, -0.2) is 16.0 Å². The van der Waals surface area contributed by atoms with Crippen molar-refractivity contribution in [1.29, 1.82) is 0 Å². The van der Waals surface area contributed by atoms with Crippen LogP contribution in [-0.2, 0) is 4.79 Å². The standard InChI is InChI=1S/C20H11ClFN3O4S/c21-13-7-5-11(9-16(13)25(27)28)17-8-6-12(29-17)10-18-19(26)24-20(30-18)23-15-4-2-1-3-14(15)22/h1-10H,(H,23,24,26)/b18-10-. The second-order valence-corrected chi connectivity index (χ2v) is 7.50. The summed E-state index contributed by atoms with van der Waals surface area (Å²) >= 11 is 6.88. The van der Waals surface area contributed by atoms with E-state index in [9.17, 15) is 19.3 Å². The number of amidine groups is 1. The van der Waals surface area contributed by atoms with Gasteiger partial charge in [0.1, 0.15) is 28.0 Å². The van der Waals surface area contributed by atoms with Gasteiger partial charge in [0.25, 0.3) is 11.6 Å². The molecule has 1 fully saturated rings. The van der Waals surface area contributed by atoms with E-state index in [1.54, 1.807) is 30.3 Å². The van der Waals surface area contributed by atoms with E-state index in [1.807, 2.05) is 0 Å². The number of para-hydroxylation sites is 1. The minimum absolute atomic E-state index is 0.0262. The van der Waals surface area contributed by atoms with E-state index in [2.05, 4.69) is 10.3 Å². The lowest BCUT2D eigenvalue weighted by molar-refractivity contribution is -0.384. The number of halogens is 2. The molecule has 1 amide bonds. The Morgan fingerprint density at radius 1 is 1.20 bits per heavy atom. The van der Waals surface area contributed by atoms with E-state index in [0.717, 1.165) is 11.8 Å². The van der Waals surface area contributed by atoms with Crippen molar-refractivity contribution in [2.45, 2.75) is 0 Å². The van der Waals surface area contributed by atoms with Gasteiger partial charge in [0.05, 0.1) is 9.83 Å². The first-order valence-electron chi connectivity index (χ1n) is 8.49. The van der Waals surface area contributed by atoms with Gasteiger partial charge in [0, 0.05) is 17.7 Å². The van der Waals surface area contributed by atoms with Gasteiger partial charge < -0.3 is 9.73 Å². The number of nitrogens with zero attached hydrogens (tertiary/aromatic N) is 2. The zero-order valence-electron chi connectivity index (χ0n) is 15.0. The first kappa shape index (κ1) is 19.9. The molecule has 0 atom stereocenters. The third kappa shape index (κ3) is 4.12. The molecule has 4 rings (SSSR count). The lowest BCUT2D eigenvalue weighted by Crippen LogP contribution is -2.19. The summed E-state index contributed by atoms with van der Waals surface area (Å²) in [6.07, 6.45) is 1.51. The van der Waals surface area contributed by atoms with E-state index >= 15 is 0 Å². The van der Waals surface area contributed by atoms with Crippen LogP contribution in [0.25, 0.3) is 17.4 Å². The Balaban J connectivity index is 1.57. The first-order chi connectivity index (χ1) is 14.4. The molecular weight excluding hydrogens is 433 g/mol. The second-order valence-electron chi connectivity index (χ2n) is 6.06. The van der Waals surface area contributed by atoms with Crippen LogP contribution >= 0.6 is 23.4 Å². The molecule has 1 aliphatic rings. The Bertz CT molecular complexity index is 1240. The topological polar surface area (TPSA) is 97.7 Å². The zero-order chi connectivity index (χ0) is 21.3. The van der Waals surface area contributed by atoms with Gasteiger partial charge in [-0.05, 0) is 48.2 Å². The van der Waals surface area contributed by atoms with Crippen molar-refractivity contribution in [3.05, 3.63) is 86.2 Å². The molecule has 0 aliphatic carbocycles. The molecule has 1 aromatic heterocycles. The summed E-state index contributed by atoms with van der Waals surface area (Å²) in [7, 11) is 0. The van der Waals surface area contributed by atoms with Gasteiger partial charge in [-0.15, -0.1) is 0 Å². The highest BCUT2D eigenvalue weighted by Crippen LogP contribution is 2.33. The fourth-order valence-corrected chi connectivity index (χ4v) is 3.65. The van der Waals surface area contributed by atoms with Gasteiger partial charge in [-0.25, -0.2) is 9.38 Å². The molecule has 10 heteroatoms. The lowest BCUT2D eigenvalue weighted by Gasteiger charge is -1.99. The Morgan fingerprint density at radius 2 is 2.00 bits per heavy atom. The molecular formula is C20H11ClFN3O4S. The minimum atomic E-state index is -0.576. The van der Waals surface area contributed by atoms with Gasteiger partial charge in [0.2, 0.25) is 0 Å². The number of nitro benzene ring substituents is 1. The number of rotatable bonds is 4. The monoisotopic (exact) mass is 443 g/mol. The predicted octanol–water partition coefficient (Wildman–Crippen LogP) is 5.54. The highest BCUT2D eigenvalue weighted by Gasteiger charge is 2.25. The van der Waals surface area contributed by atoms with E-state index in [4.69, 9.17) is 16.0 Å². The van der Waals surface area contributed by atoms with Crippen LogP contribution in [0.3, 0.4) is 0 Å². The molecule has 150 valence electrons. The van der Waals surface area contributed by atoms with Gasteiger partial charge >= 0.3 is 0 Å². The zero-order valence-corrected chi connectivity index (χ0v) is 16.5. The Labute approximate surface area is 178 Å². The molecule has 1 saturated heterocycles. The quantitative estimate of drug-likeness (QED) is 0.324. The van der Waals surface area contributed by atoms with Crippen molar-refractivity contribution < 1.29 is 18.5 Å². The number of amides is 1. The van der Waals surface area contributed by atoms with Crippen LogP contribution in [0.5, 0.6) is 0 Å². The average Bonchev–Trinajstić information content (AvgIpc) is 3.31. The number of nitro groups is 1. The molecule has 2 aromatic carbocycles. The molecule has 0 unspecified atom stereocenters. The van der Waals surface area contributed by atoms with E-state index in [-0.39, 0.29) is 21.6 Å². The van der Waals surface area contributed by atoms with Crippen LogP contribution in [0.4, 0.5) is 15.8 Å². The molecule has 30 heavy (non-hydrogen) atoms. The van der Waals surface area contributed by atoms with E-state index in [1.165, 1.54) is 30.3 Å². The van der Waals surface area contributed by atoms with Crippen molar-refractivity contribution in [1.82, 2.24) is 5.32 Å². The number of aliphatic imine (C=N–C) groups is 1. The largest absolute Gasteiger partial charge is 0.457 e. The molecule has 2 heterocycles. The third-order valence-electron chi connectivity index (χ3n) is 4.05. The average molecular weight is 444 g/mol. The van der Waals surface area contributed by atoms with Crippen molar-refractivity contribution in [2.75, 3.05) is 0 Å². The van der Waals surface area contributed by atoms with Gasteiger partial charge in [-0.2, -0.15) is 0 Å². The summed E-state index contributed by atoms with van der Waals surface area (Å²) in [6, 6.07) is 13.6. The highest BCUT2D eigenvalue weighted by atomic mass is 35.5. The van der Waals surface area contributed by atoms with Crippen LogP contribution in [0.2, 0.25) is 5.02 Å². The molecule has 3 aromatic rings. The van der Waals surface area contributed by atoms with Crippen molar-refractivity contribution in [2.24, 2.45) is 4.99 Å². The van der Waals surface area contributed by atoms with Crippen molar-refractivity contribution in [3.63, 3.8) is 0 Å². The number of carbonyl (C=O) groups is 1. The normalized spacial score (nSPS) is 16.3. The number of hydrogen-bond acceptors (Lipinski definition) is 6. The number of nitrogens with one attached hydrogen (secondary N) is 1. The summed E-state index contributed by atoms with van der Waals surface area (Å²) in [6.45, 7) is 0. The maximum Gasteiger partial charge on any atom is 0.288 e. The molecule has 0 radical (unpaired) electrons. The number of hydrogen-bond donors (Lipinski definition) is 1. The summed E-state index contributed by atoms with van der Waals surface area (Å²) in [4.78, 5) is 27.1. The van der Waals surface area contributed by atoms with Crippen LogP contribution in [0.1, 0.15) is 5.76 Å². The van der Waals surface area contributed by atoms with Crippen LogP contribution < -0.4 is 5.32 Å². The lowest BCUT2D eigenvalue weighted by atomic mass is 10.1. The third-order valence-corrected chi connectivity index (χ3v) is 5.28. The predicted molar refractivity (Wildman–Crippen MR) is 113 cm³/mol. The second kappa shape index (κ2) is 8.13. The van der Waals surface area contributed by atoms with E-state index in [0.29, 0.717) is 22.0 Å². The van der Waals surface area contributed by atoms with Gasteiger partial charge in [0.15, 0.2) is 5.17 Å². The van der Waals surface area contributed by atoms with Crippen LogP contribution in [0, 0.1) is 15.9 Å². The number of benzene rings is 2. The first-order valence-corrected chi connectivity index (χ1v) is 9.68. The SMILES string of the molecule is O=C1NC(=Nc2ccccc2F)S/C1=C\c1ccc(-c2ccc(Cl)c([N+](=O)[O-])c2)o1. The molecule has 0 spiro atoms. The van der Waals surface area contributed by atoms with Crippen molar-refractivity contribution in [3.8, 4) is 11.3 Å². The fourth-order valence-electron chi connectivity index (χ4n) is 2.65. The Hall–Kier alpha value is -3.43. The number of thioether (sulfide) groups is 1. The maximum atomic E-state index is 13.7. The summed E-state index contributed by atoms with van der Waals surface area (Å²) < 4.78 is 19.4. The van der Waals surface area contributed by atoms with Gasteiger partial charge in [-0.1, -0.05) is 23.7 Å². The summed E-state index contributed by atoms with van der Waals surface area (Å²) in [5.41, 5.74) is 0.359. The number of furan rings is 1. The fraction of sp³-hybridized carbons (Fsp3) is 0. The molecule has 0 bridgehead atoms. The Morgan fingerprint density at radius 3 is 2.77 bits per heavy atom. The Kier molecular flexibility index (Phi) is 5.39. The molecule has 1 aliphatic heterocycles. The molecule has 0 saturated carbocycles. The van der Waals surface area contributed by atoms with Gasteiger partial charge in [-0.3, -0.25) is 14.9 Å².